The number of para-hydroxylation sites is 1. The number of rotatable bonds is 3. The van der Waals surface area contributed by atoms with E-state index in [2.05, 4.69) is 5.32 Å². The molecule has 2 aromatic carbocycles. The first-order valence-electron chi connectivity index (χ1n) is 5.86. The molecule has 0 bridgehead atoms. The number of carbonyl (C=O) groups excluding carboxylic acids is 1. The zero-order valence-corrected chi connectivity index (χ0v) is 11.2. The Morgan fingerprint density at radius 2 is 2.05 bits per heavy atom. The van der Waals surface area contributed by atoms with Crippen molar-refractivity contribution in [3.8, 4) is 11.8 Å². The number of hydrogen-bond donors (Lipinski definition) is 2. The van der Waals surface area contributed by atoms with Crippen LogP contribution in [0.3, 0.4) is 0 Å². The molecule has 0 unspecified atom stereocenters. The lowest BCUT2D eigenvalue weighted by molar-refractivity contribution is -0.115. The summed E-state index contributed by atoms with van der Waals surface area (Å²) in [6.45, 7) is 0. The first-order chi connectivity index (χ1) is 9.60. The molecule has 4 nitrogen and oxygen atoms in total. The van der Waals surface area contributed by atoms with Crippen LogP contribution in [0.4, 0.5) is 5.69 Å². The van der Waals surface area contributed by atoms with Crippen LogP contribution in [0.25, 0.3) is 0 Å². The topological polar surface area (TPSA) is 73.1 Å². The summed E-state index contributed by atoms with van der Waals surface area (Å²) in [6, 6.07) is 13.2. The molecule has 0 saturated heterocycles. The molecule has 0 aromatic heterocycles. The number of aromatic hydroxyl groups is 1. The number of hydrogen-bond acceptors (Lipinski definition) is 3. The van der Waals surface area contributed by atoms with Gasteiger partial charge in [0.25, 0.3) is 0 Å². The predicted octanol–water partition coefficient (Wildman–Crippen LogP) is 3.10. The van der Waals surface area contributed by atoms with Crippen molar-refractivity contribution in [3.63, 3.8) is 0 Å². The first-order valence-corrected chi connectivity index (χ1v) is 6.24. The minimum Gasteiger partial charge on any atom is -0.508 e. The summed E-state index contributed by atoms with van der Waals surface area (Å²) < 4.78 is 0. The van der Waals surface area contributed by atoms with E-state index in [4.69, 9.17) is 16.9 Å². The summed E-state index contributed by atoms with van der Waals surface area (Å²) in [6.07, 6.45) is 0.0276. The molecule has 0 spiro atoms. The van der Waals surface area contributed by atoms with E-state index in [1.54, 1.807) is 30.3 Å². The van der Waals surface area contributed by atoms with Crippen LogP contribution in [0, 0.1) is 11.3 Å². The zero-order chi connectivity index (χ0) is 14.5. The van der Waals surface area contributed by atoms with Gasteiger partial charge in [0.05, 0.1) is 28.8 Å². The van der Waals surface area contributed by atoms with Crippen molar-refractivity contribution < 1.29 is 9.90 Å². The number of phenols is 1. The molecular weight excluding hydrogens is 276 g/mol. The normalized spacial score (nSPS) is 9.80. The van der Waals surface area contributed by atoms with Gasteiger partial charge in [-0.15, -0.1) is 0 Å². The quantitative estimate of drug-likeness (QED) is 0.910. The van der Waals surface area contributed by atoms with E-state index < -0.39 is 0 Å². The first kappa shape index (κ1) is 13.9. The number of nitrogens with zero attached hydrogens (tertiary/aromatic N) is 1. The Labute approximate surface area is 121 Å². The molecule has 0 atom stereocenters. The molecule has 0 aliphatic heterocycles. The van der Waals surface area contributed by atoms with Gasteiger partial charge in [-0.2, -0.15) is 5.26 Å². The van der Waals surface area contributed by atoms with E-state index in [0.717, 1.165) is 0 Å². The molecule has 0 radical (unpaired) electrons. The smallest absolute Gasteiger partial charge is 0.228 e. The third-order valence-corrected chi connectivity index (χ3v) is 3.04. The van der Waals surface area contributed by atoms with E-state index in [-0.39, 0.29) is 18.1 Å². The molecule has 0 heterocycles. The number of halogens is 1. The average molecular weight is 287 g/mol. The third kappa shape index (κ3) is 3.28. The molecule has 0 saturated carbocycles. The van der Waals surface area contributed by atoms with E-state index in [1.165, 1.54) is 12.1 Å². The second-order valence-electron chi connectivity index (χ2n) is 4.16. The van der Waals surface area contributed by atoms with Gasteiger partial charge < -0.3 is 10.4 Å². The average Bonchev–Trinajstić information content (AvgIpc) is 2.44. The lowest BCUT2D eigenvalue weighted by Crippen LogP contribution is -2.14. The van der Waals surface area contributed by atoms with Gasteiger partial charge in [-0.05, 0) is 24.3 Å². The van der Waals surface area contributed by atoms with Gasteiger partial charge in [0.1, 0.15) is 5.75 Å². The number of amides is 1. The highest BCUT2D eigenvalue weighted by Gasteiger charge is 2.10. The highest BCUT2D eigenvalue weighted by atomic mass is 35.5. The molecule has 5 heteroatoms. The van der Waals surface area contributed by atoms with Crippen LogP contribution in [0.1, 0.15) is 11.1 Å². The lowest BCUT2D eigenvalue weighted by Gasteiger charge is -2.08. The summed E-state index contributed by atoms with van der Waals surface area (Å²) in [4.78, 5) is 11.9. The van der Waals surface area contributed by atoms with Crippen LogP contribution < -0.4 is 5.32 Å². The fourth-order valence-corrected chi connectivity index (χ4v) is 1.88. The Balaban J connectivity index is 2.13. The maximum atomic E-state index is 11.9. The van der Waals surface area contributed by atoms with Gasteiger partial charge >= 0.3 is 0 Å². The van der Waals surface area contributed by atoms with Crippen molar-refractivity contribution in [2.45, 2.75) is 6.42 Å². The van der Waals surface area contributed by atoms with Gasteiger partial charge in [-0.25, -0.2) is 0 Å². The van der Waals surface area contributed by atoms with E-state index in [0.29, 0.717) is 21.8 Å². The maximum absolute atomic E-state index is 11.9. The molecule has 100 valence electrons. The molecule has 0 fully saturated rings. The second-order valence-corrected chi connectivity index (χ2v) is 4.57. The standard InChI is InChI=1S/C15H11ClN2O2/c16-12-6-5-10(9-17)7-13(12)18-15(20)8-11-3-1-2-4-14(11)19/h1-7,19H,8H2,(H,18,20). The van der Waals surface area contributed by atoms with Crippen LogP contribution in [0.5, 0.6) is 5.75 Å². The van der Waals surface area contributed by atoms with E-state index >= 15 is 0 Å². The highest BCUT2D eigenvalue weighted by molar-refractivity contribution is 6.33. The summed E-state index contributed by atoms with van der Waals surface area (Å²) in [5.41, 5.74) is 1.32. The molecular formula is C15H11ClN2O2. The predicted molar refractivity (Wildman–Crippen MR) is 76.6 cm³/mol. The van der Waals surface area contributed by atoms with Gasteiger partial charge in [-0.3, -0.25) is 4.79 Å². The zero-order valence-electron chi connectivity index (χ0n) is 10.4. The Morgan fingerprint density at radius 1 is 1.30 bits per heavy atom. The summed E-state index contributed by atoms with van der Waals surface area (Å²) >= 11 is 5.96. The number of nitriles is 1. The number of carbonyl (C=O) groups is 1. The monoisotopic (exact) mass is 286 g/mol. The van der Waals surface area contributed by atoms with Crippen LogP contribution in [-0.2, 0) is 11.2 Å². The Bertz CT molecular complexity index is 693. The fourth-order valence-electron chi connectivity index (χ4n) is 1.72. The van der Waals surface area contributed by atoms with Gasteiger partial charge in [0.2, 0.25) is 5.91 Å². The fraction of sp³-hybridized carbons (Fsp3) is 0.0667. The number of anilines is 1. The van der Waals surface area contributed by atoms with Gasteiger partial charge in [-0.1, -0.05) is 29.8 Å². The molecule has 2 N–H and O–H groups in total. The van der Waals surface area contributed by atoms with Crippen LogP contribution in [-0.4, -0.2) is 11.0 Å². The summed E-state index contributed by atoms with van der Waals surface area (Å²) in [5, 5.41) is 21.4. The van der Waals surface area contributed by atoms with Gasteiger partial charge in [0.15, 0.2) is 0 Å². The Morgan fingerprint density at radius 3 is 2.75 bits per heavy atom. The third-order valence-electron chi connectivity index (χ3n) is 2.71. The molecule has 2 aromatic rings. The largest absolute Gasteiger partial charge is 0.508 e. The van der Waals surface area contributed by atoms with Crippen molar-refractivity contribution in [1.82, 2.24) is 0 Å². The van der Waals surface area contributed by atoms with Crippen molar-refractivity contribution in [2.24, 2.45) is 0 Å². The maximum Gasteiger partial charge on any atom is 0.228 e. The molecule has 20 heavy (non-hydrogen) atoms. The van der Waals surface area contributed by atoms with Crippen molar-refractivity contribution in [2.75, 3.05) is 5.32 Å². The van der Waals surface area contributed by atoms with Crippen molar-refractivity contribution >= 4 is 23.2 Å². The van der Waals surface area contributed by atoms with Crippen molar-refractivity contribution in [3.05, 3.63) is 58.6 Å². The number of phenolic OH excluding ortho intramolecular Hbond substituents is 1. The van der Waals surface area contributed by atoms with E-state index in [9.17, 15) is 9.90 Å². The molecule has 1 amide bonds. The van der Waals surface area contributed by atoms with Crippen LogP contribution in [0.15, 0.2) is 42.5 Å². The van der Waals surface area contributed by atoms with E-state index in [1.807, 2.05) is 6.07 Å². The van der Waals surface area contributed by atoms with Crippen LogP contribution >= 0.6 is 11.6 Å². The van der Waals surface area contributed by atoms with Gasteiger partial charge in [0, 0.05) is 5.56 Å². The second kappa shape index (κ2) is 6.09. The Hall–Kier alpha value is -2.51. The molecule has 0 aliphatic carbocycles. The van der Waals surface area contributed by atoms with Crippen molar-refractivity contribution in [1.29, 1.82) is 5.26 Å². The minimum absolute atomic E-state index is 0.0276. The SMILES string of the molecule is N#Cc1ccc(Cl)c(NC(=O)Cc2ccccc2O)c1. The lowest BCUT2D eigenvalue weighted by atomic mass is 10.1. The highest BCUT2D eigenvalue weighted by Crippen LogP contribution is 2.23. The van der Waals surface area contributed by atoms with Crippen LogP contribution in [0.2, 0.25) is 5.02 Å². The Kier molecular flexibility index (Phi) is 4.24. The number of benzene rings is 2. The molecule has 0 aliphatic rings. The molecule has 2 rings (SSSR count). The summed E-state index contributed by atoms with van der Waals surface area (Å²) in [5.74, 6) is -0.247. The summed E-state index contributed by atoms with van der Waals surface area (Å²) in [7, 11) is 0. The number of nitrogens with one attached hydrogen (secondary N) is 1. The minimum atomic E-state index is -0.316.